The number of ether oxygens (including phenoxy) is 1. The number of aryl methyl sites for hydroxylation is 2. The minimum atomic E-state index is -0.133. The molecular formula is C20H21N3O2S. The van der Waals surface area contributed by atoms with Gasteiger partial charge in [0.05, 0.1) is 16.3 Å². The smallest absolute Gasteiger partial charge is 0.265 e. The van der Waals surface area contributed by atoms with E-state index in [1.54, 1.807) is 10.9 Å². The van der Waals surface area contributed by atoms with Gasteiger partial charge in [0, 0.05) is 24.4 Å². The van der Waals surface area contributed by atoms with Crippen molar-refractivity contribution in [1.82, 2.24) is 9.78 Å². The summed E-state index contributed by atoms with van der Waals surface area (Å²) in [5.74, 6) is 0.695. The van der Waals surface area contributed by atoms with E-state index in [9.17, 15) is 4.79 Å². The van der Waals surface area contributed by atoms with E-state index in [2.05, 4.69) is 10.4 Å². The first-order chi connectivity index (χ1) is 12.6. The van der Waals surface area contributed by atoms with Crippen molar-refractivity contribution in [3.8, 4) is 5.75 Å². The molecule has 2 aromatic heterocycles. The van der Waals surface area contributed by atoms with Crippen LogP contribution in [0.4, 0.5) is 5.69 Å². The Kier molecular flexibility index (Phi) is 5.53. The highest BCUT2D eigenvalue weighted by Crippen LogP contribution is 2.23. The molecule has 3 aromatic rings. The van der Waals surface area contributed by atoms with Crippen LogP contribution >= 0.6 is 11.3 Å². The van der Waals surface area contributed by atoms with E-state index in [4.69, 9.17) is 4.74 Å². The first kappa shape index (κ1) is 17.9. The van der Waals surface area contributed by atoms with Gasteiger partial charge in [-0.05, 0) is 31.4 Å². The number of aromatic nitrogens is 2. The highest BCUT2D eigenvalue weighted by molar-refractivity contribution is 7.12. The van der Waals surface area contributed by atoms with Crippen molar-refractivity contribution in [1.29, 1.82) is 0 Å². The molecule has 0 aliphatic heterocycles. The number of carbonyl (C=O) groups excluding carboxylic acids is 1. The Morgan fingerprint density at radius 1 is 1.38 bits per heavy atom. The van der Waals surface area contributed by atoms with E-state index >= 15 is 0 Å². The van der Waals surface area contributed by atoms with Crippen LogP contribution in [0.2, 0.25) is 0 Å². The number of benzene rings is 1. The second-order valence-electron chi connectivity index (χ2n) is 5.90. The summed E-state index contributed by atoms with van der Waals surface area (Å²) in [5, 5.41) is 9.08. The second-order valence-corrected chi connectivity index (χ2v) is 6.81. The zero-order chi connectivity index (χ0) is 18.5. The number of amides is 1. The van der Waals surface area contributed by atoms with Gasteiger partial charge in [-0.15, -0.1) is 11.3 Å². The van der Waals surface area contributed by atoms with Gasteiger partial charge in [-0.2, -0.15) is 5.10 Å². The molecule has 0 aliphatic carbocycles. The van der Waals surface area contributed by atoms with Crippen molar-refractivity contribution in [3.63, 3.8) is 0 Å². The molecule has 5 nitrogen and oxygen atoms in total. The van der Waals surface area contributed by atoms with Crippen molar-refractivity contribution in [3.05, 3.63) is 69.7 Å². The van der Waals surface area contributed by atoms with E-state index in [1.165, 1.54) is 11.3 Å². The number of thiophene rings is 1. The van der Waals surface area contributed by atoms with E-state index in [1.807, 2.05) is 68.8 Å². The van der Waals surface area contributed by atoms with Gasteiger partial charge < -0.3 is 10.1 Å². The third-order valence-corrected chi connectivity index (χ3v) is 4.78. The fraction of sp³-hybridized carbons (Fsp3) is 0.200. The number of rotatable bonds is 6. The molecule has 1 N–H and O–H groups in total. The predicted molar refractivity (Wildman–Crippen MR) is 106 cm³/mol. The van der Waals surface area contributed by atoms with Gasteiger partial charge in [-0.25, -0.2) is 0 Å². The lowest BCUT2D eigenvalue weighted by molar-refractivity contribution is 0.103. The van der Waals surface area contributed by atoms with Gasteiger partial charge in [-0.3, -0.25) is 9.48 Å². The molecule has 0 unspecified atom stereocenters. The zero-order valence-corrected chi connectivity index (χ0v) is 15.8. The van der Waals surface area contributed by atoms with Crippen LogP contribution < -0.4 is 10.1 Å². The third kappa shape index (κ3) is 4.21. The Hall–Kier alpha value is -2.86. The molecule has 0 radical (unpaired) electrons. The Morgan fingerprint density at radius 2 is 2.19 bits per heavy atom. The third-order valence-electron chi connectivity index (χ3n) is 3.80. The zero-order valence-electron chi connectivity index (χ0n) is 15.0. The van der Waals surface area contributed by atoms with Crippen LogP contribution in [0.5, 0.6) is 5.75 Å². The molecule has 6 heteroatoms. The normalized spacial score (nSPS) is 11.0. The Morgan fingerprint density at radius 3 is 2.92 bits per heavy atom. The molecule has 0 bridgehead atoms. The summed E-state index contributed by atoms with van der Waals surface area (Å²) in [6, 6.07) is 9.75. The lowest BCUT2D eigenvalue weighted by Crippen LogP contribution is -2.10. The lowest BCUT2D eigenvalue weighted by Gasteiger charge is -2.08. The Balaban J connectivity index is 1.65. The van der Waals surface area contributed by atoms with Crippen molar-refractivity contribution in [2.75, 3.05) is 5.32 Å². The van der Waals surface area contributed by atoms with Crippen molar-refractivity contribution in [2.24, 2.45) is 7.05 Å². The van der Waals surface area contributed by atoms with Crippen molar-refractivity contribution in [2.45, 2.75) is 20.5 Å². The highest BCUT2D eigenvalue weighted by Gasteiger charge is 2.13. The number of carbonyl (C=O) groups is 1. The summed E-state index contributed by atoms with van der Waals surface area (Å²) in [7, 11) is 1.83. The summed E-state index contributed by atoms with van der Waals surface area (Å²) in [4.78, 5) is 13.1. The van der Waals surface area contributed by atoms with Crippen LogP contribution in [0.1, 0.15) is 33.4 Å². The standard InChI is InChI=1S/C20H21N3O2S/c1-4-7-16-8-5-6-9-18(16)25-12-15-10-19(26-13-15)20(24)21-17-11-23(3)22-14(17)2/h4-11,13H,12H2,1-3H3,(H,21,24)/b7-4+. The summed E-state index contributed by atoms with van der Waals surface area (Å²) in [5.41, 5.74) is 3.53. The second kappa shape index (κ2) is 8.01. The molecule has 0 aliphatic rings. The molecule has 0 atom stereocenters. The Labute approximate surface area is 156 Å². The molecule has 0 fully saturated rings. The molecule has 1 amide bonds. The van der Waals surface area contributed by atoms with Crippen LogP contribution in [0.25, 0.3) is 6.08 Å². The number of para-hydroxylation sites is 1. The van der Waals surface area contributed by atoms with Crippen molar-refractivity contribution >= 4 is 29.0 Å². The largest absolute Gasteiger partial charge is 0.488 e. The monoisotopic (exact) mass is 367 g/mol. The molecular weight excluding hydrogens is 346 g/mol. The maximum atomic E-state index is 12.4. The van der Waals surface area contributed by atoms with Gasteiger partial charge in [0.25, 0.3) is 5.91 Å². The molecule has 2 heterocycles. The molecule has 3 rings (SSSR count). The lowest BCUT2D eigenvalue weighted by atomic mass is 10.2. The molecule has 0 spiro atoms. The minimum absolute atomic E-state index is 0.133. The molecule has 0 saturated carbocycles. The van der Waals surface area contributed by atoms with Gasteiger partial charge in [0.1, 0.15) is 12.4 Å². The Bertz CT molecular complexity index is 940. The number of anilines is 1. The van der Waals surface area contributed by atoms with Crippen LogP contribution in [-0.2, 0) is 13.7 Å². The SMILES string of the molecule is C/C=C/c1ccccc1OCc1csc(C(=O)Nc2cn(C)nc2C)c1. The summed E-state index contributed by atoms with van der Waals surface area (Å²) in [6.07, 6.45) is 5.79. The number of hydrogen-bond acceptors (Lipinski definition) is 4. The highest BCUT2D eigenvalue weighted by atomic mass is 32.1. The molecule has 0 saturated heterocycles. The van der Waals surface area contributed by atoms with E-state index in [0.29, 0.717) is 11.5 Å². The van der Waals surface area contributed by atoms with Crippen LogP contribution in [0.15, 0.2) is 48.0 Å². The van der Waals surface area contributed by atoms with Gasteiger partial charge in [0.2, 0.25) is 0 Å². The van der Waals surface area contributed by atoms with Crippen LogP contribution in [0.3, 0.4) is 0 Å². The summed E-state index contributed by atoms with van der Waals surface area (Å²) < 4.78 is 7.60. The van der Waals surface area contributed by atoms with E-state index < -0.39 is 0 Å². The first-order valence-corrected chi connectivity index (χ1v) is 9.18. The summed E-state index contributed by atoms with van der Waals surface area (Å²) in [6.45, 7) is 4.26. The minimum Gasteiger partial charge on any atom is -0.488 e. The maximum absolute atomic E-state index is 12.4. The van der Waals surface area contributed by atoms with Crippen LogP contribution in [-0.4, -0.2) is 15.7 Å². The fourth-order valence-electron chi connectivity index (χ4n) is 2.57. The van der Waals surface area contributed by atoms with Gasteiger partial charge in [0.15, 0.2) is 0 Å². The fourth-order valence-corrected chi connectivity index (χ4v) is 3.36. The van der Waals surface area contributed by atoms with Crippen LogP contribution in [0, 0.1) is 6.92 Å². The quantitative estimate of drug-likeness (QED) is 0.690. The van der Waals surface area contributed by atoms with Gasteiger partial charge >= 0.3 is 0 Å². The first-order valence-electron chi connectivity index (χ1n) is 8.30. The molecule has 134 valence electrons. The number of nitrogens with one attached hydrogen (secondary N) is 1. The maximum Gasteiger partial charge on any atom is 0.265 e. The number of nitrogens with zero attached hydrogens (tertiary/aromatic N) is 2. The van der Waals surface area contributed by atoms with E-state index in [0.717, 1.165) is 28.3 Å². The number of hydrogen-bond donors (Lipinski definition) is 1. The molecule has 26 heavy (non-hydrogen) atoms. The van der Waals surface area contributed by atoms with Gasteiger partial charge in [-0.1, -0.05) is 30.4 Å². The van der Waals surface area contributed by atoms with E-state index in [-0.39, 0.29) is 5.91 Å². The average Bonchev–Trinajstić information content (AvgIpc) is 3.21. The molecule has 1 aromatic carbocycles. The van der Waals surface area contributed by atoms with Crippen molar-refractivity contribution < 1.29 is 9.53 Å². The number of allylic oxidation sites excluding steroid dienone is 1. The predicted octanol–water partition coefficient (Wildman–Crippen LogP) is 4.65. The average molecular weight is 367 g/mol. The topological polar surface area (TPSA) is 56.1 Å². The summed E-state index contributed by atoms with van der Waals surface area (Å²) >= 11 is 1.41.